The number of allylic oxidation sites excluding steroid dienone is 3. The van der Waals surface area contributed by atoms with Crippen LogP contribution in [0, 0.1) is 5.92 Å². The summed E-state index contributed by atoms with van der Waals surface area (Å²) in [6.45, 7) is 13.7. The maximum absolute atomic E-state index is 14.6. The Kier molecular flexibility index (Phi) is 9.51. The molecule has 41 heavy (non-hydrogen) atoms. The zero-order valence-corrected chi connectivity index (χ0v) is 27.0. The Morgan fingerprint density at radius 2 is 1.71 bits per heavy atom. The van der Waals surface area contributed by atoms with Gasteiger partial charge in [-0.3, -0.25) is 4.79 Å². The maximum atomic E-state index is 14.6. The van der Waals surface area contributed by atoms with Gasteiger partial charge < -0.3 is 24.2 Å². The highest BCUT2D eigenvalue weighted by molar-refractivity contribution is 6.91. The summed E-state index contributed by atoms with van der Waals surface area (Å²) >= 11 is 0. The first kappa shape index (κ1) is 31.1. The first-order valence-corrected chi connectivity index (χ1v) is 17.8. The number of aliphatic hydroxyl groups is 1. The SMILES string of the molecule is COc1ccc([Si](C)(C)[C@H]2[C@H](CCO)O[C@@]3(C(=O)N(C/C=C(\C)CCC=C(C)C)c4ccc(OC)cc43)[C@@H]2C)cc1. The molecule has 222 valence electrons. The number of aliphatic hydroxyl groups excluding tert-OH is 1. The van der Waals surface area contributed by atoms with Crippen molar-refractivity contribution in [3.8, 4) is 11.5 Å². The molecule has 1 amide bonds. The first-order valence-electron chi connectivity index (χ1n) is 14.7. The molecule has 0 aliphatic carbocycles. The highest BCUT2D eigenvalue weighted by atomic mass is 28.3. The van der Waals surface area contributed by atoms with E-state index in [4.69, 9.17) is 14.2 Å². The average molecular weight is 578 g/mol. The number of ether oxygens (including phenoxy) is 3. The lowest BCUT2D eigenvalue weighted by molar-refractivity contribution is -0.146. The summed E-state index contributed by atoms with van der Waals surface area (Å²) in [4.78, 5) is 16.5. The number of anilines is 1. The van der Waals surface area contributed by atoms with Gasteiger partial charge in [0.1, 0.15) is 11.5 Å². The Balaban J connectivity index is 1.76. The van der Waals surface area contributed by atoms with Gasteiger partial charge >= 0.3 is 0 Å². The molecule has 0 aromatic heterocycles. The van der Waals surface area contributed by atoms with Crippen molar-refractivity contribution < 1.29 is 24.1 Å². The fourth-order valence-electron chi connectivity index (χ4n) is 6.94. The van der Waals surface area contributed by atoms with E-state index in [9.17, 15) is 9.90 Å². The summed E-state index contributed by atoms with van der Waals surface area (Å²) in [5.74, 6) is 1.40. The highest BCUT2D eigenvalue weighted by Gasteiger charge is 2.66. The number of methoxy groups -OCH3 is 2. The van der Waals surface area contributed by atoms with Crippen LogP contribution in [0.25, 0.3) is 0 Å². The van der Waals surface area contributed by atoms with Crippen molar-refractivity contribution in [2.75, 3.05) is 32.3 Å². The standard InChI is InChI=1S/C34H47NO5Si/c1-23(2)10-9-11-24(3)18-20-35-30-17-14-27(39-6)22-29(30)34(33(35)37)25(4)32(31(40-34)19-21-36)41(7,8)28-15-12-26(38-5)13-16-28/h10,12-18,22,25,31-32,36H,9,11,19-21H2,1-8H3/b24-18+/t25-,31+,32-,34+/m1/s1. The maximum Gasteiger partial charge on any atom is 0.264 e. The molecule has 2 aromatic carbocycles. The van der Waals surface area contributed by atoms with Gasteiger partial charge in [0.25, 0.3) is 5.91 Å². The quantitative estimate of drug-likeness (QED) is 0.249. The second-order valence-electron chi connectivity index (χ2n) is 12.3. The first-order chi connectivity index (χ1) is 19.5. The lowest BCUT2D eigenvalue weighted by Crippen LogP contribution is -2.51. The van der Waals surface area contributed by atoms with Gasteiger partial charge in [0, 0.05) is 24.6 Å². The van der Waals surface area contributed by atoms with Crippen LogP contribution in [-0.4, -0.2) is 52.6 Å². The fraction of sp³-hybridized carbons (Fsp3) is 0.500. The largest absolute Gasteiger partial charge is 0.497 e. The number of amides is 1. The van der Waals surface area contributed by atoms with Crippen molar-refractivity contribution in [2.24, 2.45) is 5.92 Å². The van der Waals surface area contributed by atoms with E-state index < -0.39 is 13.7 Å². The topological polar surface area (TPSA) is 68.2 Å². The Morgan fingerprint density at radius 1 is 1.05 bits per heavy atom. The number of hydrogen-bond donors (Lipinski definition) is 1. The van der Waals surface area contributed by atoms with Crippen LogP contribution in [0.1, 0.15) is 52.5 Å². The number of nitrogens with zero attached hydrogens (tertiary/aromatic N) is 1. The summed E-state index contributed by atoms with van der Waals surface area (Å²) in [5, 5.41) is 11.4. The fourth-order valence-corrected chi connectivity index (χ4v) is 11.0. The predicted molar refractivity (Wildman–Crippen MR) is 169 cm³/mol. The molecule has 6 nitrogen and oxygen atoms in total. The molecule has 0 saturated carbocycles. The van der Waals surface area contributed by atoms with E-state index in [1.807, 2.05) is 35.2 Å². The zero-order chi connectivity index (χ0) is 29.9. The molecule has 1 saturated heterocycles. The molecule has 1 N–H and O–H groups in total. The Hall–Kier alpha value is -2.87. The van der Waals surface area contributed by atoms with E-state index in [1.54, 1.807) is 14.2 Å². The van der Waals surface area contributed by atoms with Gasteiger partial charge in [-0.1, -0.05) is 60.6 Å². The van der Waals surface area contributed by atoms with Crippen LogP contribution >= 0.6 is 0 Å². The van der Waals surface area contributed by atoms with E-state index in [1.165, 1.54) is 16.3 Å². The molecule has 2 aromatic rings. The number of carbonyl (C=O) groups excluding carboxylic acids is 1. The van der Waals surface area contributed by atoms with E-state index in [2.05, 4.69) is 65.1 Å². The zero-order valence-electron chi connectivity index (χ0n) is 26.0. The highest BCUT2D eigenvalue weighted by Crippen LogP contribution is 2.60. The summed E-state index contributed by atoms with van der Waals surface area (Å²) < 4.78 is 18.0. The average Bonchev–Trinajstić information content (AvgIpc) is 3.37. The molecule has 1 fully saturated rings. The van der Waals surface area contributed by atoms with Gasteiger partial charge in [-0.2, -0.15) is 0 Å². The Labute approximate surface area is 247 Å². The summed E-state index contributed by atoms with van der Waals surface area (Å²) in [5.41, 5.74) is 3.30. The van der Waals surface area contributed by atoms with Gasteiger partial charge in [0.15, 0.2) is 5.60 Å². The van der Waals surface area contributed by atoms with Crippen LogP contribution in [0.15, 0.2) is 65.8 Å². The van der Waals surface area contributed by atoms with E-state index in [0.29, 0.717) is 18.7 Å². The molecule has 7 heteroatoms. The molecule has 0 radical (unpaired) electrons. The van der Waals surface area contributed by atoms with Gasteiger partial charge in [0.2, 0.25) is 0 Å². The van der Waals surface area contributed by atoms with Crippen molar-refractivity contribution >= 4 is 24.9 Å². The van der Waals surface area contributed by atoms with Crippen molar-refractivity contribution in [1.82, 2.24) is 0 Å². The lowest BCUT2D eigenvalue weighted by atomic mass is 9.82. The van der Waals surface area contributed by atoms with Gasteiger partial charge in [-0.05, 0) is 75.9 Å². The molecule has 4 rings (SSSR count). The third kappa shape index (κ3) is 5.77. The lowest BCUT2D eigenvalue weighted by Gasteiger charge is -2.37. The van der Waals surface area contributed by atoms with Gasteiger partial charge in [0.05, 0.1) is 34.1 Å². The smallest absolute Gasteiger partial charge is 0.264 e. The number of fused-ring (bicyclic) bond motifs is 2. The van der Waals surface area contributed by atoms with E-state index in [-0.39, 0.29) is 30.1 Å². The molecule has 0 unspecified atom stereocenters. The minimum atomic E-state index is -2.21. The molecule has 2 aliphatic rings. The molecule has 0 bridgehead atoms. The van der Waals surface area contributed by atoms with Crippen LogP contribution < -0.4 is 19.6 Å². The van der Waals surface area contributed by atoms with E-state index >= 15 is 0 Å². The number of carbonyl (C=O) groups is 1. The van der Waals surface area contributed by atoms with Gasteiger partial charge in [-0.15, -0.1) is 0 Å². The van der Waals surface area contributed by atoms with Crippen molar-refractivity contribution in [3.63, 3.8) is 0 Å². The third-order valence-corrected chi connectivity index (χ3v) is 13.5. The second kappa shape index (κ2) is 12.6. The predicted octanol–water partition coefficient (Wildman–Crippen LogP) is 6.34. The van der Waals surface area contributed by atoms with Gasteiger partial charge in [-0.25, -0.2) is 0 Å². The van der Waals surface area contributed by atoms with Crippen LogP contribution in [0.4, 0.5) is 5.69 Å². The molecule has 2 aliphatic heterocycles. The van der Waals surface area contributed by atoms with Crippen LogP contribution in [0.5, 0.6) is 11.5 Å². The minimum absolute atomic E-state index is 0.00749. The van der Waals surface area contributed by atoms with Crippen molar-refractivity contribution in [2.45, 2.75) is 77.3 Å². The molecule has 4 atom stereocenters. The van der Waals surface area contributed by atoms with Crippen LogP contribution in [-0.2, 0) is 15.1 Å². The Morgan fingerprint density at radius 3 is 2.32 bits per heavy atom. The molecular formula is C34H47NO5Si. The normalized spacial score (nSPS) is 24.1. The summed E-state index contributed by atoms with van der Waals surface area (Å²) in [6, 6.07) is 14.2. The van der Waals surface area contributed by atoms with Crippen LogP contribution in [0.2, 0.25) is 18.6 Å². The second-order valence-corrected chi connectivity index (χ2v) is 17.0. The monoisotopic (exact) mass is 577 g/mol. The molecule has 1 spiro atoms. The van der Waals surface area contributed by atoms with Crippen LogP contribution in [0.3, 0.4) is 0 Å². The number of rotatable bonds is 11. The number of benzene rings is 2. The third-order valence-electron chi connectivity index (χ3n) is 9.17. The molecular weight excluding hydrogens is 530 g/mol. The summed E-state index contributed by atoms with van der Waals surface area (Å²) in [6.07, 6.45) is 6.61. The molecule has 2 heterocycles. The number of hydrogen-bond acceptors (Lipinski definition) is 5. The van der Waals surface area contributed by atoms with Crippen molar-refractivity contribution in [3.05, 3.63) is 71.3 Å². The van der Waals surface area contributed by atoms with Crippen molar-refractivity contribution in [1.29, 1.82) is 0 Å². The van der Waals surface area contributed by atoms with E-state index in [0.717, 1.165) is 29.8 Å². The minimum Gasteiger partial charge on any atom is -0.497 e. The Bertz CT molecular complexity index is 1300. The summed E-state index contributed by atoms with van der Waals surface area (Å²) in [7, 11) is 1.12.